The molecule has 0 saturated heterocycles. The number of aromatic nitrogens is 2. The number of rotatable bonds is 7. The van der Waals surface area contributed by atoms with Crippen LogP contribution in [0.1, 0.15) is 38.2 Å². The predicted molar refractivity (Wildman–Crippen MR) is 62.2 cm³/mol. The third-order valence-electron chi connectivity index (χ3n) is 2.63. The highest BCUT2D eigenvalue weighted by atomic mass is 15.2. The zero-order valence-electron chi connectivity index (χ0n) is 9.74. The first-order valence-electron chi connectivity index (χ1n) is 5.70. The maximum atomic E-state index is 5.53. The molecule has 0 aliphatic carbocycles. The Morgan fingerprint density at radius 3 is 2.87 bits per heavy atom. The molecule has 1 atom stereocenters. The fourth-order valence-electron chi connectivity index (χ4n) is 1.75. The molecule has 1 unspecified atom stereocenters. The van der Waals surface area contributed by atoms with Crippen LogP contribution in [0.4, 0.5) is 0 Å². The lowest BCUT2D eigenvalue weighted by Crippen LogP contribution is -2.36. The molecule has 0 aliphatic rings. The molecule has 1 heterocycles. The fourth-order valence-corrected chi connectivity index (χ4v) is 1.75. The summed E-state index contributed by atoms with van der Waals surface area (Å²) < 4.78 is 1.83. The standard InChI is InChI=1S/C11H22N4/c1-3-4-5-6-11(14-12)7-10-8-13-15(2)9-10/h8-9,11,14H,3-7,12H2,1-2H3. The second kappa shape index (κ2) is 6.58. The van der Waals surface area contributed by atoms with Crippen LogP contribution < -0.4 is 11.3 Å². The summed E-state index contributed by atoms with van der Waals surface area (Å²) in [6.07, 6.45) is 9.84. The second-order valence-corrected chi connectivity index (χ2v) is 4.09. The fraction of sp³-hybridized carbons (Fsp3) is 0.727. The number of nitrogens with two attached hydrogens (primary N) is 1. The maximum absolute atomic E-state index is 5.53. The van der Waals surface area contributed by atoms with Crippen LogP contribution in [-0.2, 0) is 13.5 Å². The topological polar surface area (TPSA) is 55.9 Å². The van der Waals surface area contributed by atoms with Gasteiger partial charge in [-0.05, 0) is 18.4 Å². The number of hydrogen-bond donors (Lipinski definition) is 2. The van der Waals surface area contributed by atoms with Crippen LogP contribution in [-0.4, -0.2) is 15.8 Å². The van der Waals surface area contributed by atoms with Crippen LogP contribution in [0.15, 0.2) is 12.4 Å². The zero-order valence-corrected chi connectivity index (χ0v) is 9.74. The molecular weight excluding hydrogens is 188 g/mol. The number of hydrogen-bond acceptors (Lipinski definition) is 3. The number of nitrogens with zero attached hydrogens (tertiary/aromatic N) is 2. The molecule has 0 fully saturated rings. The molecule has 0 amide bonds. The molecule has 86 valence electrons. The quantitative estimate of drug-likeness (QED) is 0.406. The van der Waals surface area contributed by atoms with Crippen LogP contribution in [0.3, 0.4) is 0 Å². The Bertz CT molecular complexity index is 269. The van der Waals surface area contributed by atoms with Crippen molar-refractivity contribution in [1.82, 2.24) is 15.2 Å². The van der Waals surface area contributed by atoms with E-state index in [1.807, 2.05) is 24.1 Å². The SMILES string of the molecule is CCCCCC(Cc1cnn(C)c1)NN. The van der Waals surface area contributed by atoms with Gasteiger partial charge in [0.2, 0.25) is 0 Å². The second-order valence-electron chi connectivity index (χ2n) is 4.09. The van der Waals surface area contributed by atoms with Crippen LogP contribution in [0.5, 0.6) is 0 Å². The van der Waals surface area contributed by atoms with E-state index in [1.54, 1.807) is 0 Å². The van der Waals surface area contributed by atoms with Crippen molar-refractivity contribution in [2.45, 2.75) is 45.1 Å². The highest BCUT2D eigenvalue weighted by molar-refractivity contribution is 5.05. The van der Waals surface area contributed by atoms with E-state index in [-0.39, 0.29) is 0 Å². The van der Waals surface area contributed by atoms with Crippen molar-refractivity contribution in [3.8, 4) is 0 Å². The van der Waals surface area contributed by atoms with Gasteiger partial charge in [0.25, 0.3) is 0 Å². The van der Waals surface area contributed by atoms with E-state index >= 15 is 0 Å². The first-order valence-corrected chi connectivity index (χ1v) is 5.70. The molecule has 15 heavy (non-hydrogen) atoms. The van der Waals surface area contributed by atoms with Crippen molar-refractivity contribution < 1.29 is 0 Å². The molecule has 0 aromatic carbocycles. The van der Waals surface area contributed by atoms with E-state index in [9.17, 15) is 0 Å². The Morgan fingerprint density at radius 1 is 1.53 bits per heavy atom. The highest BCUT2D eigenvalue weighted by Gasteiger charge is 2.08. The minimum absolute atomic E-state index is 0.376. The Hall–Kier alpha value is -0.870. The average molecular weight is 210 g/mol. The smallest absolute Gasteiger partial charge is 0.0522 e. The van der Waals surface area contributed by atoms with Crippen molar-refractivity contribution >= 4 is 0 Å². The average Bonchev–Trinajstić information content (AvgIpc) is 2.63. The van der Waals surface area contributed by atoms with E-state index in [4.69, 9.17) is 5.84 Å². The van der Waals surface area contributed by atoms with Crippen molar-refractivity contribution in [1.29, 1.82) is 0 Å². The summed E-state index contributed by atoms with van der Waals surface area (Å²) >= 11 is 0. The largest absolute Gasteiger partial charge is 0.276 e. The van der Waals surface area contributed by atoms with Crippen molar-refractivity contribution in [3.05, 3.63) is 18.0 Å². The number of aryl methyl sites for hydroxylation is 1. The molecule has 0 radical (unpaired) electrons. The third-order valence-corrected chi connectivity index (χ3v) is 2.63. The Kier molecular flexibility index (Phi) is 5.36. The number of unbranched alkanes of at least 4 members (excludes halogenated alkanes) is 2. The number of hydrazine groups is 1. The summed E-state index contributed by atoms with van der Waals surface area (Å²) in [7, 11) is 1.94. The van der Waals surface area contributed by atoms with Crippen LogP contribution >= 0.6 is 0 Å². The summed E-state index contributed by atoms with van der Waals surface area (Å²) in [4.78, 5) is 0. The van der Waals surface area contributed by atoms with E-state index in [0.29, 0.717) is 6.04 Å². The van der Waals surface area contributed by atoms with Gasteiger partial charge in [0.1, 0.15) is 0 Å². The van der Waals surface area contributed by atoms with Gasteiger partial charge in [0, 0.05) is 19.3 Å². The van der Waals surface area contributed by atoms with Gasteiger partial charge in [-0.2, -0.15) is 5.10 Å². The third kappa shape index (κ3) is 4.44. The van der Waals surface area contributed by atoms with Crippen molar-refractivity contribution in [3.63, 3.8) is 0 Å². The Labute approximate surface area is 91.8 Å². The zero-order chi connectivity index (χ0) is 11.1. The van der Waals surface area contributed by atoms with Gasteiger partial charge in [0.15, 0.2) is 0 Å². The lowest BCUT2D eigenvalue weighted by Gasteiger charge is -2.14. The minimum atomic E-state index is 0.376. The normalized spacial score (nSPS) is 13.0. The molecule has 4 heteroatoms. The first kappa shape index (κ1) is 12.2. The van der Waals surface area contributed by atoms with Gasteiger partial charge in [-0.3, -0.25) is 16.0 Å². The monoisotopic (exact) mass is 210 g/mol. The maximum Gasteiger partial charge on any atom is 0.0522 e. The summed E-state index contributed by atoms with van der Waals surface area (Å²) in [6.45, 7) is 2.21. The molecular formula is C11H22N4. The van der Waals surface area contributed by atoms with Gasteiger partial charge >= 0.3 is 0 Å². The van der Waals surface area contributed by atoms with E-state index in [1.165, 1.54) is 24.8 Å². The molecule has 1 aromatic heterocycles. The van der Waals surface area contributed by atoms with E-state index < -0.39 is 0 Å². The molecule has 1 rings (SSSR count). The summed E-state index contributed by atoms with van der Waals surface area (Å²) in [6, 6.07) is 0.376. The molecule has 0 spiro atoms. The minimum Gasteiger partial charge on any atom is -0.276 e. The van der Waals surface area contributed by atoms with Gasteiger partial charge < -0.3 is 0 Å². The predicted octanol–water partition coefficient (Wildman–Crippen LogP) is 1.37. The lowest BCUT2D eigenvalue weighted by molar-refractivity contribution is 0.467. The van der Waals surface area contributed by atoms with E-state index in [2.05, 4.69) is 17.4 Å². The highest BCUT2D eigenvalue weighted by Crippen LogP contribution is 2.08. The molecule has 0 bridgehead atoms. The molecule has 3 N–H and O–H groups in total. The first-order chi connectivity index (χ1) is 7.26. The summed E-state index contributed by atoms with van der Waals surface area (Å²) in [5.41, 5.74) is 4.13. The molecule has 4 nitrogen and oxygen atoms in total. The van der Waals surface area contributed by atoms with Crippen LogP contribution in [0.2, 0.25) is 0 Å². The van der Waals surface area contributed by atoms with Gasteiger partial charge in [-0.15, -0.1) is 0 Å². The van der Waals surface area contributed by atoms with Crippen LogP contribution in [0, 0.1) is 0 Å². The van der Waals surface area contributed by atoms with Crippen LogP contribution in [0.25, 0.3) is 0 Å². The van der Waals surface area contributed by atoms with Crippen molar-refractivity contribution in [2.24, 2.45) is 12.9 Å². The summed E-state index contributed by atoms with van der Waals surface area (Å²) in [5.74, 6) is 5.53. The molecule has 1 aromatic rings. The summed E-state index contributed by atoms with van der Waals surface area (Å²) in [5, 5.41) is 4.15. The van der Waals surface area contributed by atoms with E-state index in [0.717, 1.165) is 12.8 Å². The van der Waals surface area contributed by atoms with Gasteiger partial charge in [-0.1, -0.05) is 26.2 Å². The molecule has 0 aliphatic heterocycles. The molecule has 0 saturated carbocycles. The van der Waals surface area contributed by atoms with Gasteiger partial charge in [-0.25, -0.2) is 0 Å². The Morgan fingerprint density at radius 2 is 2.33 bits per heavy atom. The number of nitrogens with one attached hydrogen (secondary N) is 1. The lowest BCUT2D eigenvalue weighted by atomic mass is 10.0. The van der Waals surface area contributed by atoms with Gasteiger partial charge in [0.05, 0.1) is 6.20 Å². The Balaban J connectivity index is 2.33. The van der Waals surface area contributed by atoms with Crippen molar-refractivity contribution in [2.75, 3.05) is 0 Å².